The van der Waals surface area contributed by atoms with Crippen LogP contribution >= 0.6 is 23.4 Å². The summed E-state index contributed by atoms with van der Waals surface area (Å²) in [4.78, 5) is 16.8. The van der Waals surface area contributed by atoms with E-state index in [-0.39, 0.29) is 5.97 Å². The molecule has 0 bridgehead atoms. The summed E-state index contributed by atoms with van der Waals surface area (Å²) in [6.45, 7) is 5.00. The highest BCUT2D eigenvalue weighted by molar-refractivity contribution is 7.99. The van der Waals surface area contributed by atoms with Gasteiger partial charge in [0.2, 0.25) is 0 Å². The Morgan fingerprint density at radius 1 is 1.52 bits per heavy atom. The molecule has 2 rings (SSSR count). The van der Waals surface area contributed by atoms with E-state index < -0.39 is 5.54 Å². The lowest BCUT2D eigenvalue weighted by Crippen LogP contribution is -2.57. The molecule has 116 valence electrons. The number of rotatable bonds is 8. The van der Waals surface area contributed by atoms with E-state index in [1.54, 1.807) is 18.0 Å². The molecule has 21 heavy (non-hydrogen) atoms. The minimum atomic E-state index is -0.600. The number of pyridine rings is 1. The van der Waals surface area contributed by atoms with Gasteiger partial charge in [-0.3, -0.25) is 4.79 Å². The lowest BCUT2D eigenvalue weighted by molar-refractivity contribution is -0.151. The smallest absolute Gasteiger partial charge is 0.327 e. The molecule has 0 aliphatic heterocycles. The molecule has 0 radical (unpaired) electrons. The molecule has 1 heterocycles. The summed E-state index contributed by atoms with van der Waals surface area (Å²) in [7, 11) is 0. The van der Waals surface area contributed by atoms with Crippen molar-refractivity contribution in [1.82, 2.24) is 10.3 Å². The molecule has 1 aliphatic carbocycles. The molecule has 1 aromatic heterocycles. The Morgan fingerprint density at radius 3 is 2.81 bits per heavy atom. The van der Waals surface area contributed by atoms with E-state index in [1.807, 2.05) is 26.0 Å². The molecule has 1 fully saturated rings. The van der Waals surface area contributed by atoms with E-state index in [0.717, 1.165) is 24.4 Å². The maximum atomic E-state index is 12.5. The number of halogens is 1. The Morgan fingerprint density at radius 2 is 2.29 bits per heavy atom. The van der Waals surface area contributed by atoms with Gasteiger partial charge in [-0.15, -0.1) is 11.8 Å². The Balaban J connectivity index is 2.11. The first-order chi connectivity index (χ1) is 10.1. The summed E-state index contributed by atoms with van der Waals surface area (Å²) < 4.78 is 5.31. The van der Waals surface area contributed by atoms with Gasteiger partial charge in [0.15, 0.2) is 0 Å². The third-order valence-electron chi connectivity index (χ3n) is 3.55. The van der Waals surface area contributed by atoms with Crippen LogP contribution in [0.2, 0.25) is 5.02 Å². The average molecular weight is 329 g/mol. The molecule has 0 amide bonds. The second-order valence-electron chi connectivity index (χ2n) is 5.10. The van der Waals surface area contributed by atoms with E-state index >= 15 is 0 Å². The zero-order valence-electron chi connectivity index (χ0n) is 12.4. The number of carbonyl (C=O) groups excluding carboxylic acids is 1. The number of ether oxygens (including phenoxy) is 1. The molecule has 0 spiro atoms. The molecule has 1 aliphatic rings. The summed E-state index contributed by atoms with van der Waals surface area (Å²) >= 11 is 7.41. The Bertz CT molecular complexity index is 479. The van der Waals surface area contributed by atoms with E-state index in [9.17, 15) is 4.79 Å². The number of nitrogens with one attached hydrogen (secondary N) is 1. The van der Waals surface area contributed by atoms with Crippen molar-refractivity contribution in [2.45, 2.75) is 37.3 Å². The third-order valence-corrected chi connectivity index (χ3v) is 4.91. The van der Waals surface area contributed by atoms with Gasteiger partial charge in [-0.1, -0.05) is 18.5 Å². The molecule has 1 N–H and O–H groups in total. The van der Waals surface area contributed by atoms with Crippen molar-refractivity contribution in [3.05, 3.63) is 23.4 Å². The Kier molecular flexibility index (Phi) is 5.90. The number of hydrogen-bond donors (Lipinski definition) is 1. The van der Waals surface area contributed by atoms with Crippen molar-refractivity contribution < 1.29 is 9.53 Å². The zero-order valence-corrected chi connectivity index (χ0v) is 14.0. The van der Waals surface area contributed by atoms with Crippen LogP contribution in [0.1, 0.15) is 26.7 Å². The molecule has 1 unspecified atom stereocenters. The van der Waals surface area contributed by atoms with Crippen LogP contribution in [0.4, 0.5) is 0 Å². The van der Waals surface area contributed by atoms with Crippen LogP contribution in [-0.4, -0.2) is 35.4 Å². The predicted octanol–water partition coefficient (Wildman–Crippen LogP) is 3.15. The number of carbonyl (C=O) groups is 1. The van der Waals surface area contributed by atoms with Crippen LogP contribution in [0.5, 0.6) is 0 Å². The SMILES string of the molecule is CCNC(CSc1ccc(Cl)cn1)(C(=O)OCC)C1CC1. The highest BCUT2D eigenvalue weighted by Gasteiger charge is 2.51. The number of likely N-dealkylation sites (N-methyl/N-ethyl adjacent to an activating group) is 1. The van der Waals surface area contributed by atoms with Crippen LogP contribution in [0.15, 0.2) is 23.4 Å². The minimum absolute atomic E-state index is 0.143. The summed E-state index contributed by atoms with van der Waals surface area (Å²) in [5, 5.41) is 4.86. The van der Waals surface area contributed by atoms with E-state index in [1.165, 1.54) is 0 Å². The molecule has 4 nitrogen and oxygen atoms in total. The first kappa shape index (κ1) is 16.6. The molecule has 0 saturated heterocycles. The highest BCUT2D eigenvalue weighted by Crippen LogP contribution is 2.43. The summed E-state index contributed by atoms with van der Waals surface area (Å²) in [6, 6.07) is 3.69. The van der Waals surface area contributed by atoms with Crippen molar-refractivity contribution >= 4 is 29.3 Å². The van der Waals surface area contributed by atoms with E-state index in [4.69, 9.17) is 16.3 Å². The monoisotopic (exact) mass is 328 g/mol. The van der Waals surface area contributed by atoms with Crippen molar-refractivity contribution in [3.8, 4) is 0 Å². The van der Waals surface area contributed by atoms with Crippen LogP contribution in [-0.2, 0) is 9.53 Å². The van der Waals surface area contributed by atoms with Gasteiger partial charge in [-0.05, 0) is 44.4 Å². The first-order valence-corrected chi connectivity index (χ1v) is 8.65. The topological polar surface area (TPSA) is 51.2 Å². The van der Waals surface area contributed by atoms with Crippen molar-refractivity contribution in [2.24, 2.45) is 5.92 Å². The van der Waals surface area contributed by atoms with Gasteiger partial charge in [-0.2, -0.15) is 0 Å². The fraction of sp³-hybridized carbons (Fsp3) is 0.600. The van der Waals surface area contributed by atoms with Crippen molar-refractivity contribution in [1.29, 1.82) is 0 Å². The number of esters is 1. The van der Waals surface area contributed by atoms with Gasteiger partial charge in [0.05, 0.1) is 16.7 Å². The second kappa shape index (κ2) is 7.47. The van der Waals surface area contributed by atoms with Gasteiger partial charge in [0.25, 0.3) is 0 Å². The van der Waals surface area contributed by atoms with E-state index in [2.05, 4.69) is 10.3 Å². The minimum Gasteiger partial charge on any atom is -0.465 e. The highest BCUT2D eigenvalue weighted by atomic mass is 35.5. The fourth-order valence-electron chi connectivity index (χ4n) is 2.40. The molecule has 0 aromatic carbocycles. The largest absolute Gasteiger partial charge is 0.465 e. The quantitative estimate of drug-likeness (QED) is 0.587. The molecular weight excluding hydrogens is 308 g/mol. The summed E-state index contributed by atoms with van der Waals surface area (Å²) in [5.74, 6) is 0.839. The lowest BCUT2D eigenvalue weighted by atomic mass is 9.95. The molecular formula is C15H21ClN2O2S. The number of nitrogens with zero attached hydrogens (tertiary/aromatic N) is 1. The molecule has 1 aromatic rings. The summed E-state index contributed by atoms with van der Waals surface area (Å²) in [6.07, 6.45) is 3.77. The van der Waals surface area contributed by atoms with Gasteiger partial charge < -0.3 is 10.1 Å². The molecule has 1 saturated carbocycles. The lowest BCUT2D eigenvalue weighted by Gasteiger charge is -2.32. The summed E-state index contributed by atoms with van der Waals surface area (Å²) in [5.41, 5.74) is -0.600. The predicted molar refractivity (Wildman–Crippen MR) is 85.7 cm³/mol. The normalized spacial score (nSPS) is 17.3. The average Bonchev–Trinajstić information content (AvgIpc) is 3.30. The van der Waals surface area contributed by atoms with Gasteiger partial charge in [0, 0.05) is 11.9 Å². The standard InChI is InChI=1S/C15H21ClN2O2S/c1-3-18-15(11-5-6-11,14(19)20-4-2)10-21-13-8-7-12(16)9-17-13/h7-9,11,18H,3-6,10H2,1-2H3. The second-order valence-corrected chi connectivity index (χ2v) is 6.53. The fourth-order valence-corrected chi connectivity index (χ4v) is 3.63. The zero-order chi connectivity index (χ0) is 15.3. The molecule has 6 heteroatoms. The maximum absolute atomic E-state index is 12.5. The maximum Gasteiger partial charge on any atom is 0.327 e. The number of thioether (sulfide) groups is 1. The Hall–Kier alpha value is -0.780. The molecule has 1 atom stereocenters. The number of hydrogen-bond acceptors (Lipinski definition) is 5. The third kappa shape index (κ3) is 4.11. The van der Waals surface area contributed by atoms with Crippen LogP contribution in [0, 0.1) is 5.92 Å². The van der Waals surface area contributed by atoms with Crippen LogP contribution in [0.3, 0.4) is 0 Å². The number of aromatic nitrogens is 1. The Labute approximate surface area is 135 Å². The van der Waals surface area contributed by atoms with Crippen LogP contribution < -0.4 is 5.32 Å². The van der Waals surface area contributed by atoms with Crippen molar-refractivity contribution in [2.75, 3.05) is 18.9 Å². The van der Waals surface area contributed by atoms with Gasteiger partial charge in [0.1, 0.15) is 5.54 Å². The van der Waals surface area contributed by atoms with E-state index in [0.29, 0.717) is 23.3 Å². The van der Waals surface area contributed by atoms with Crippen LogP contribution in [0.25, 0.3) is 0 Å². The van der Waals surface area contributed by atoms with Gasteiger partial charge in [-0.25, -0.2) is 4.98 Å². The van der Waals surface area contributed by atoms with Crippen molar-refractivity contribution in [3.63, 3.8) is 0 Å². The first-order valence-electron chi connectivity index (χ1n) is 7.29. The van der Waals surface area contributed by atoms with Gasteiger partial charge >= 0.3 is 5.97 Å².